The van der Waals surface area contributed by atoms with E-state index in [2.05, 4.69) is 44.6 Å². The van der Waals surface area contributed by atoms with Gasteiger partial charge in [0.15, 0.2) is 0 Å². The number of piperazine rings is 1. The van der Waals surface area contributed by atoms with Crippen LogP contribution in [0.4, 0.5) is 10.5 Å². The van der Waals surface area contributed by atoms with Crippen LogP contribution in [0.25, 0.3) is 22.8 Å². The third-order valence-corrected chi connectivity index (χ3v) is 6.18. The Balaban J connectivity index is 1.44. The molecule has 0 spiro atoms. The van der Waals surface area contributed by atoms with Gasteiger partial charge in [0.05, 0.1) is 16.1 Å². The van der Waals surface area contributed by atoms with Gasteiger partial charge in [0.25, 0.3) is 11.1 Å². The van der Waals surface area contributed by atoms with Crippen LogP contribution < -0.4 is 10.2 Å². The van der Waals surface area contributed by atoms with E-state index in [9.17, 15) is 9.59 Å². The van der Waals surface area contributed by atoms with E-state index >= 15 is 0 Å². The molecule has 2 saturated heterocycles. The van der Waals surface area contributed by atoms with Gasteiger partial charge in [-0.05, 0) is 66.8 Å². The molecule has 2 fully saturated rings. The van der Waals surface area contributed by atoms with E-state index in [4.69, 9.17) is 0 Å². The number of nitrogens with zero attached hydrogens (tertiary/aromatic N) is 5. The van der Waals surface area contributed by atoms with Crippen molar-refractivity contribution >= 4 is 45.7 Å². The highest BCUT2D eigenvalue weighted by Crippen LogP contribution is 2.27. The molecular weight excluding hydrogens is 400 g/mol. The smallest absolute Gasteiger partial charge is 0.290 e. The third kappa shape index (κ3) is 3.57. The van der Waals surface area contributed by atoms with Gasteiger partial charge in [-0.25, -0.2) is 4.68 Å². The molecule has 0 unspecified atom stereocenters. The monoisotopic (exact) mass is 420 g/mol. The molecule has 3 aromatic rings. The number of benzene rings is 2. The number of carbonyl (C=O) groups excluding carboxylic acids is 2. The summed E-state index contributed by atoms with van der Waals surface area (Å²) >= 11 is 0.908. The van der Waals surface area contributed by atoms with Crippen LogP contribution in [0.2, 0.25) is 0 Å². The maximum atomic E-state index is 11.8. The lowest BCUT2D eigenvalue weighted by atomic mass is 10.1. The summed E-state index contributed by atoms with van der Waals surface area (Å²) in [6.07, 6.45) is 1.71. The Hall–Kier alpha value is -3.17. The van der Waals surface area contributed by atoms with Gasteiger partial charge < -0.3 is 9.80 Å². The average Bonchev–Trinajstić information content (AvgIpc) is 3.31. The number of anilines is 1. The van der Waals surface area contributed by atoms with Crippen LogP contribution in [-0.4, -0.2) is 64.3 Å². The topological polar surface area (TPSA) is 83.4 Å². The first-order valence-corrected chi connectivity index (χ1v) is 10.5. The Bertz CT molecular complexity index is 1160. The summed E-state index contributed by atoms with van der Waals surface area (Å²) in [7, 11) is 2.15. The van der Waals surface area contributed by atoms with Crippen LogP contribution in [0.1, 0.15) is 5.56 Å². The molecule has 8 nitrogen and oxygen atoms in total. The van der Waals surface area contributed by atoms with Crippen molar-refractivity contribution in [1.29, 1.82) is 0 Å². The maximum Gasteiger partial charge on any atom is 0.290 e. The van der Waals surface area contributed by atoms with Crippen molar-refractivity contribution in [2.45, 2.75) is 0 Å². The van der Waals surface area contributed by atoms with Gasteiger partial charge in [-0.2, -0.15) is 0 Å². The molecular formula is C21H20N6O2S. The van der Waals surface area contributed by atoms with Crippen LogP contribution in [0, 0.1) is 0 Å². The van der Waals surface area contributed by atoms with Crippen LogP contribution in [0.3, 0.4) is 0 Å². The first-order chi connectivity index (χ1) is 14.6. The third-order valence-electron chi connectivity index (χ3n) is 5.37. The van der Waals surface area contributed by atoms with Gasteiger partial charge >= 0.3 is 0 Å². The van der Waals surface area contributed by atoms with E-state index in [1.807, 2.05) is 30.3 Å². The minimum absolute atomic E-state index is 0.348. The molecule has 2 amide bonds. The van der Waals surface area contributed by atoms with Crippen molar-refractivity contribution in [1.82, 2.24) is 25.2 Å². The van der Waals surface area contributed by atoms with Crippen molar-refractivity contribution in [3.8, 4) is 5.69 Å². The largest absolute Gasteiger partial charge is 0.369 e. The lowest BCUT2D eigenvalue weighted by Crippen LogP contribution is -2.44. The van der Waals surface area contributed by atoms with Gasteiger partial charge in [-0.3, -0.25) is 14.9 Å². The van der Waals surface area contributed by atoms with Crippen LogP contribution in [0.5, 0.6) is 0 Å². The summed E-state index contributed by atoms with van der Waals surface area (Å²) in [5.41, 5.74) is 4.54. The SMILES string of the molecule is CN1CCN(c2ccc(-n3nnc4ccc(C=C5SC(=O)NC5=O)cc43)cc2)CC1. The second kappa shape index (κ2) is 7.58. The van der Waals surface area contributed by atoms with Gasteiger partial charge in [0.1, 0.15) is 5.52 Å². The van der Waals surface area contributed by atoms with Crippen LogP contribution in [-0.2, 0) is 4.79 Å². The van der Waals surface area contributed by atoms with Gasteiger partial charge in [0.2, 0.25) is 0 Å². The minimum atomic E-state index is -0.365. The van der Waals surface area contributed by atoms with Crippen LogP contribution in [0.15, 0.2) is 47.4 Å². The molecule has 2 aromatic carbocycles. The first-order valence-electron chi connectivity index (χ1n) is 9.71. The van der Waals surface area contributed by atoms with Gasteiger partial charge in [-0.1, -0.05) is 11.3 Å². The number of hydrogen-bond acceptors (Lipinski definition) is 7. The molecule has 0 saturated carbocycles. The Morgan fingerprint density at radius 3 is 2.43 bits per heavy atom. The molecule has 5 rings (SSSR count). The molecule has 9 heteroatoms. The normalized spacial score (nSPS) is 19.1. The fourth-order valence-electron chi connectivity index (χ4n) is 3.66. The summed E-state index contributed by atoms with van der Waals surface area (Å²) in [4.78, 5) is 28.3. The lowest BCUT2D eigenvalue weighted by molar-refractivity contribution is -0.115. The number of nitrogens with one attached hydrogen (secondary N) is 1. The molecule has 1 N–H and O–H groups in total. The van der Waals surface area contributed by atoms with Crippen LogP contribution >= 0.6 is 11.8 Å². The Kier molecular flexibility index (Phi) is 4.76. The molecule has 2 aliphatic heterocycles. The van der Waals surface area contributed by atoms with E-state index in [1.165, 1.54) is 5.69 Å². The number of amides is 2. The maximum absolute atomic E-state index is 11.8. The van der Waals surface area contributed by atoms with E-state index in [1.54, 1.807) is 10.8 Å². The number of likely N-dealkylation sites (N-methyl/N-ethyl adjacent to an activating group) is 1. The minimum Gasteiger partial charge on any atom is -0.369 e. The highest BCUT2D eigenvalue weighted by Gasteiger charge is 2.25. The fraction of sp³-hybridized carbons (Fsp3) is 0.238. The van der Waals surface area contributed by atoms with Gasteiger partial charge in [-0.15, -0.1) is 5.10 Å². The molecule has 0 bridgehead atoms. The molecule has 2 aliphatic rings. The molecule has 0 aliphatic carbocycles. The average molecular weight is 420 g/mol. The summed E-state index contributed by atoms with van der Waals surface area (Å²) < 4.78 is 1.79. The van der Waals surface area contributed by atoms with Crippen molar-refractivity contribution in [2.24, 2.45) is 0 Å². The van der Waals surface area contributed by atoms with Crippen molar-refractivity contribution in [3.63, 3.8) is 0 Å². The second-order valence-electron chi connectivity index (χ2n) is 7.41. The van der Waals surface area contributed by atoms with Crippen molar-refractivity contribution in [3.05, 3.63) is 52.9 Å². The molecule has 0 radical (unpaired) electrons. The lowest BCUT2D eigenvalue weighted by Gasteiger charge is -2.34. The van der Waals surface area contributed by atoms with Crippen molar-refractivity contribution in [2.75, 3.05) is 38.1 Å². The number of imide groups is 1. The number of aromatic nitrogens is 3. The Labute approximate surface area is 177 Å². The van der Waals surface area contributed by atoms with E-state index in [0.717, 1.165) is 60.2 Å². The zero-order valence-corrected chi connectivity index (χ0v) is 17.2. The number of thioether (sulfide) groups is 1. The summed E-state index contributed by atoms with van der Waals surface area (Å²) in [6, 6.07) is 14.0. The number of carbonyl (C=O) groups is 2. The zero-order valence-electron chi connectivity index (χ0n) is 16.4. The number of hydrogen-bond donors (Lipinski definition) is 1. The summed E-state index contributed by atoms with van der Waals surface area (Å²) in [5, 5.41) is 10.5. The Morgan fingerprint density at radius 2 is 1.73 bits per heavy atom. The zero-order chi connectivity index (χ0) is 20.7. The van der Waals surface area contributed by atoms with Crippen molar-refractivity contribution < 1.29 is 9.59 Å². The molecule has 152 valence electrons. The first kappa shape index (κ1) is 18.8. The van der Waals surface area contributed by atoms with Gasteiger partial charge in [0, 0.05) is 31.9 Å². The Morgan fingerprint density at radius 1 is 1.00 bits per heavy atom. The highest BCUT2D eigenvalue weighted by atomic mass is 32.2. The second-order valence-corrected chi connectivity index (χ2v) is 8.42. The quantitative estimate of drug-likeness (QED) is 0.652. The molecule has 1 aromatic heterocycles. The predicted octanol–water partition coefficient (Wildman–Crippen LogP) is 2.50. The van der Waals surface area contributed by atoms with E-state index in [-0.39, 0.29) is 11.1 Å². The molecule has 0 atom stereocenters. The molecule has 30 heavy (non-hydrogen) atoms. The number of fused-ring (bicyclic) bond motifs is 1. The summed E-state index contributed by atoms with van der Waals surface area (Å²) in [5.74, 6) is -0.365. The molecule has 3 heterocycles. The fourth-order valence-corrected chi connectivity index (χ4v) is 4.34. The number of rotatable bonds is 3. The summed E-state index contributed by atoms with van der Waals surface area (Å²) in [6.45, 7) is 4.17. The predicted molar refractivity (Wildman–Crippen MR) is 118 cm³/mol. The van der Waals surface area contributed by atoms with E-state index in [0.29, 0.717) is 4.91 Å². The van der Waals surface area contributed by atoms with E-state index < -0.39 is 0 Å². The highest BCUT2D eigenvalue weighted by molar-refractivity contribution is 8.18. The standard InChI is InChI=1S/C21H20N6O2S/c1-25-8-10-26(11-9-25)15-3-5-16(6-4-15)27-18-12-14(2-7-17(18)23-24-27)13-19-20(28)22-21(29)30-19/h2-7,12-13H,8-11H2,1H3,(H,22,28,29).